The molecule has 3 heterocycles. The Morgan fingerprint density at radius 3 is 2.94 bits per heavy atom. The molecule has 0 saturated carbocycles. The highest BCUT2D eigenvalue weighted by Crippen LogP contribution is 2.21. The Bertz CT molecular complexity index is 519. The van der Waals surface area contributed by atoms with Gasteiger partial charge in [-0.1, -0.05) is 6.92 Å². The number of likely N-dealkylation sites (tertiary alicyclic amines) is 1. The zero-order valence-electron chi connectivity index (χ0n) is 10.4. The predicted octanol–water partition coefficient (Wildman–Crippen LogP) is 0.788. The lowest BCUT2D eigenvalue weighted by Gasteiger charge is -2.29. The summed E-state index contributed by atoms with van der Waals surface area (Å²) in [6.45, 7) is 4.82. The molecular weight excluding hydrogens is 234 g/mol. The second-order valence-electron chi connectivity index (χ2n) is 5.23. The molecule has 1 aromatic heterocycles. The summed E-state index contributed by atoms with van der Waals surface area (Å²) in [4.78, 5) is 27.3. The number of aromatic nitrogens is 1. The summed E-state index contributed by atoms with van der Waals surface area (Å²) in [7, 11) is 0. The quantitative estimate of drug-likeness (QED) is 0.741. The fourth-order valence-corrected chi connectivity index (χ4v) is 2.71. The molecule has 6 heteroatoms. The molecule has 0 radical (unpaired) electrons. The molecule has 2 aliphatic heterocycles. The SMILES string of the molecule is CC1CCN(C(=O)N2CCc3c(o[nH]c3=O)C2)C1. The van der Waals surface area contributed by atoms with Crippen LogP contribution in [0.1, 0.15) is 24.7 Å². The fourth-order valence-electron chi connectivity index (χ4n) is 2.71. The minimum Gasteiger partial charge on any atom is -0.381 e. The summed E-state index contributed by atoms with van der Waals surface area (Å²) in [5.74, 6) is 1.19. The Morgan fingerprint density at radius 2 is 2.22 bits per heavy atom. The first-order valence-corrected chi connectivity index (χ1v) is 6.38. The second-order valence-corrected chi connectivity index (χ2v) is 5.23. The number of rotatable bonds is 0. The van der Waals surface area contributed by atoms with Crippen LogP contribution in [0, 0.1) is 5.92 Å². The highest BCUT2D eigenvalue weighted by atomic mass is 16.5. The lowest BCUT2D eigenvalue weighted by atomic mass is 10.1. The molecule has 6 nitrogen and oxygen atoms in total. The predicted molar refractivity (Wildman–Crippen MR) is 64.2 cm³/mol. The summed E-state index contributed by atoms with van der Waals surface area (Å²) in [5.41, 5.74) is 0.528. The van der Waals surface area contributed by atoms with Crippen LogP contribution in [-0.2, 0) is 13.0 Å². The Morgan fingerprint density at radius 1 is 1.39 bits per heavy atom. The Balaban J connectivity index is 1.72. The molecule has 1 aromatic rings. The van der Waals surface area contributed by atoms with Crippen LogP contribution in [0.4, 0.5) is 4.79 Å². The molecule has 2 amide bonds. The van der Waals surface area contributed by atoms with Gasteiger partial charge in [0.05, 0.1) is 12.1 Å². The van der Waals surface area contributed by atoms with Crippen LogP contribution in [0.15, 0.2) is 9.32 Å². The topological polar surface area (TPSA) is 69.6 Å². The summed E-state index contributed by atoms with van der Waals surface area (Å²) in [6, 6.07) is 0.0637. The van der Waals surface area contributed by atoms with E-state index in [9.17, 15) is 9.59 Å². The second kappa shape index (κ2) is 4.19. The van der Waals surface area contributed by atoms with Gasteiger partial charge in [0.2, 0.25) is 0 Å². The standard InChI is InChI=1S/C12H17N3O3/c1-8-2-4-14(6-8)12(17)15-5-3-9-10(7-15)18-13-11(9)16/h8H,2-7H2,1H3,(H,13,16). The molecule has 18 heavy (non-hydrogen) atoms. The third-order valence-corrected chi connectivity index (χ3v) is 3.81. The van der Waals surface area contributed by atoms with Gasteiger partial charge in [-0.2, -0.15) is 5.16 Å². The highest BCUT2D eigenvalue weighted by molar-refractivity contribution is 5.75. The first-order valence-electron chi connectivity index (χ1n) is 6.38. The fraction of sp³-hybridized carbons (Fsp3) is 0.667. The first kappa shape index (κ1) is 11.4. The molecule has 1 saturated heterocycles. The molecule has 1 fully saturated rings. The average molecular weight is 251 g/mol. The maximum Gasteiger partial charge on any atom is 0.320 e. The number of carbonyl (C=O) groups excluding carboxylic acids is 1. The molecule has 98 valence electrons. The number of hydrogen-bond donors (Lipinski definition) is 1. The minimum atomic E-state index is -0.160. The van der Waals surface area contributed by atoms with Crippen LogP contribution in [0.3, 0.4) is 0 Å². The van der Waals surface area contributed by atoms with Gasteiger partial charge in [-0.15, -0.1) is 0 Å². The van der Waals surface area contributed by atoms with Crippen LogP contribution in [0.25, 0.3) is 0 Å². The number of nitrogens with zero attached hydrogens (tertiary/aromatic N) is 2. The molecule has 1 unspecified atom stereocenters. The van der Waals surface area contributed by atoms with Gasteiger partial charge in [-0.05, 0) is 18.8 Å². The van der Waals surface area contributed by atoms with E-state index in [1.165, 1.54) is 0 Å². The van der Waals surface area contributed by atoms with Crippen molar-refractivity contribution < 1.29 is 9.32 Å². The van der Waals surface area contributed by atoms with Crippen molar-refractivity contribution in [3.05, 3.63) is 21.7 Å². The van der Waals surface area contributed by atoms with Crippen molar-refractivity contribution in [3.63, 3.8) is 0 Å². The van der Waals surface area contributed by atoms with E-state index in [2.05, 4.69) is 12.1 Å². The van der Waals surface area contributed by atoms with E-state index in [1.54, 1.807) is 4.90 Å². The molecule has 0 bridgehead atoms. The van der Waals surface area contributed by atoms with Crippen molar-refractivity contribution in [1.29, 1.82) is 0 Å². The lowest BCUT2D eigenvalue weighted by molar-refractivity contribution is 0.149. The zero-order chi connectivity index (χ0) is 12.7. The van der Waals surface area contributed by atoms with Gasteiger partial charge >= 0.3 is 6.03 Å². The Hall–Kier alpha value is -1.72. The molecule has 0 aliphatic carbocycles. The van der Waals surface area contributed by atoms with E-state index in [4.69, 9.17) is 4.52 Å². The smallest absolute Gasteiger partial charge is 0.320 e. The van der Waals surface area contributed by atoms with Gasteiger partial charge in [0.1, 0.15) is 0 Å². The number of amides is 2. The molecule has 2 aliphatic rings. The first-order chi connectivity index (χ1) is 8.65. The van der Waals surface area contributed by atoms with Crippen molar-refractivity contribution in [2.75, 3.05) is 19.6 Å². The highest BCUT2D eigenvalue weighted by Gasteiger charge is 2.31. The maximum absolute atomic E-state index is 12.3. The summed E-state index contributed by atoms with van der Waals surface area (Å²) >= 11 is 0. The Labute approximate surface area is 105 Å². The number of urea groups is 1. The molecule has 1 atom stereocenters. The van der Waals surface area contributed by atoms with Gasteiger partial charge in [0.25, 0.3) is 5.56 Å². The third-order valence-electron chi connectivity index (χ3n) is 3.81. The van der Waals surface area contributed by atoms with E-state index < -0.39 is 0 Å². The van der Waals surface area contributed by atoms with Gasteiger partial charge in [-0.25, -0.2) is 4.79 Å². The summed E-state index contributed by atoms with van der Waals surface area (Å²) in [6.07, 6.45) is 1.65. The number of H-pyrrole nitrogens is 1. The monoisotopic (exact) mass is 251 g/mol. The van der Waals surface area contributed by atoms with Crippen molar-refractivity contribution in [2.45, 2.75) is 26.3 Å². The molecular formula is C12H17N3O3. The molecule has 1 N–H and O–H groups in total. The maximum atomic E-state index is 12.3. The van der Waals surface area contributed by atoms with Gasteiger partial charge in [-0.3, -0.25) is 4.79 Å². The normalized spacial score (nSPS) is 23.3. The third kappa shape index (κ3) is 1.81. The summed E-state index contributed by atoms with van der Waals surface area (Å²) < 4.78 is 5.10. The van der Waals surface area contributed by atoms with E-state index in [-0.39, 0.29) is 11.6 Å². The van der Waals surface area contributed by atoms with Gasteiger partial charge in [0.15, 0.2) is 5.76 Å². The van der Waals surface area contributed by atoms with Crippen molar-refractivity contribution >= 4 is 6.03 Å². The molecule has 0 aromatic carbocycles. The number of carbonyl (C=O) groups is 1. The number of nitrogens with one attached hydrogen (secondary N) is 1. The van der Waals surface area contributed by atoms with Crippen LogP contribution >= 0.6 is 0 Å². The van der Waals surface area contributed by atoms with E-state index in [0.717, 1.165) is 19.5 Å². The van der Waals surface area contributed by atoms with Crippen LogP contribution < -0.4 is 5.56 Å². The van der Waals surface area contributed by atoms with Crippen molar-refractivity contribution in [2.24, 2.45) is 5.92 Å². The van der Waals surface area contributed by atoms with Gasteiger partial charge < -0.3 is 14.3 Å². The van der Waals surface area contributed by atoms with Gasteiger partial charge in [0, 0.05) is 19.6 Å². The number of hydrogen-bond acceptors (Lipinski definition) is 3. The van der Waals surface area contributed by atoms with Crippen molar-refractivity contribution in [1.82, 2.24) is 15.0 Å². The molecule has 0 spiro atoms. The Kier molecular flexibility index (Phi) is 2.65. The number of fused-ring (bicyclic) bond motifs is 1. The largest absolute Gasteiger partial charge is 0.381 e. The van der Waals surface area contributed by atoms with Crippen LogP contribution in [0.2, 0.25) is 0 Å². The lowest BCUT2D eigenvalue weighted by Crippen LogP contribution is -2.44. The van der Waals surface area contributed by atoms with E-state index in [0.29, 0.717) is 36.8 Å². The minimum absolute atomic E-state index is 0.0637. The average Bonchev–Trinajstić information content (AvgIpc) is 2.95. The van der Waals surface area contributed by atoms with E-state index >= 15 is 0 Å². The zero-order valence-corrected chi connectivity index (χ0v) is 10.4. The summed E-state index contributed by atoms with van der Waals surface area (Å²) in [5, 5.41) is 2.33. The molecule has 3 rings (SSSR count). The number of aromatic amines is 1. The van der Waals surface area contributed by atoms with Crippen LogP contribution in [0.5, 0.6) is 0 Å². The van der Waals surface area contributed by atoms with Crippen molar-refractivity contribution in [3.8, 4) is 0 Å². The van der Waals surface area contributed by atoms with E-state index in [1.807, 2.05) is 4.90 Å². The van der Waals surface area contributed by atoms with Crippen LogP contribution in [-0.4, -0.2) is 40.6 Å².